The van der Waals surface area contributed by atoms with E-state index in [0.29, 0.717) is 6.61 Å². The van der Waals surface area contributed by atoms with Gasteiger partial charge in [0, 0.05) is 11.3 Å². The Morgan fingerprint density at radius 3 is 2.00 bits per heavy atom. The number of hydrogen-bond acceptors (Lipinski definition) is 4. The monoisotopic (exact) mass is 383 g/mol. The van der Waals surface area contributed by atoms with Crippen molar-refractivity contribution in [2.75, 3.05) is 11.9 Å². The first-order valence-corrected chi connectivity index (χ1v) is 8.94. The Bertz CT molecular complexity index is 865. The Morgan fingerprint density at radius 1 is 1.00 bits per heavy atom. The van der Waals surface area contributed by atoms with E-state index in [9.17, 15) is 9.59 Å². The molecule has 3 rings (SSSR count). The first-order chi connectivity index (χ1) is 13.1. The quantitative estimate of drug-likeness (QED) is 0.703. The lowest BCUT2D eigenvalue weighted by Crippen LogP contribution is -2.31. The molecule has 3 N–H and O–H groups in total. The number of ether oxygens (including phenoxy) is 1. The maximum atomic E-state index is 10.3. The molecular weight excluding hydrogens is 358 g/mol. The minimum Gasteiger partial charge on any atom is -0.494 e. The Hall–Kier alpha value is -3.28. The highest BCUT2D eigenvalue weighted by Crippen LogP contribution is 2.35. The van der Waals surface area contributed by atoms with E-state index in [4.69, 9.17) is 14.9 Å². The summed E-state index contributed by atoms with van der Waals surface area (Å²) in [6.07, 6.45) is 2.26. The molecule has 1 heterocycles. The number of hydrogen-bond donors (Lipinski definition) is 3. The predicted molar refractivity (Wildman–Crippen MR) is 109 cm³/mol. The van der Waals surface area contributed by atoms with Crippen molar-refractivity contribution in [2.24, 2.45) is 0 Å². The standard InChI is InChI=1S/C14H19NO.C8H6O4/c1-5-16-11-6-7-13-12(8-11)10(2)9-14(3,4)15-13;9-7(10)5-1-2-6(4-3-5)8(11)12/h6-9,15H,5H2,1-4H3;1-4H,(H,9,10)(H,11,12). The molecule has 0 spiro atoms. The van der Waals surface area contributed by atoms with Gasteiger partial charge in [-0.3, -0.25) is 0 Å². The van der Waals surface area contributed by atoms with Crippen molar-refractivity contribution >= 4 is 23.2 Å². The van der Waals surface area contributed by atoms with Gasteiger partial charge in [-0.25, -0.2) is 9.59 Å². The minimum atomic E-state index is -1.06. The van der Waals surface area contributed by atoms with Gasteiger partial charge in [-0.05, 0) is 75.7 Å². The van der Waals surface area contributed by atoms with Gasteiger partial charge in [-0.15, -0.1) is 0 Å². The zero-order chi connectivity index (χ0) is 20.9. The lowest BCUT2D eigenvalue weighted by atomic mass is 9.91. The third-order valence-corrected chi connectivity index (χ3v) is 4.14. The second-order valence-corrected chi connectivity index (χ2v) is 7.00. The normalized spacial score (nSPS) is 13.8. The zero-order valence-corrected chi connectivity index (χ0v) is 16.4. The summed E-state index contributed by atoms with van der Waals surface area (Å²) in [6.45, 7) is 9.22. The van der Waals surface area contributed by atoms with E-state index in [1.165, 1.54) is 41.1 Å². The maximum absolute atomic E-state index is 10.3. The fourth-order valence-electron chi connectivity index (χ4n) is 2.97. The van der Waals surface area contributed by atoms with Crippen LogP contribution in [-0.4, -0.2) is 34.3 Å². The number of nitrogens with one attached hydrogen (secondary N) is 1. The lowest BCUT2D eigenvalue weighted by molar-refractivity contribution is 0.0681. The van der Waals surface area contributed by atoms with Gasteiger partial charge < -0.3 is 20.3 Å². The molecule has 1 aliphatic heterocycles. The second-order valence-electron chi connectivity index (χ2n) is 7.00. The first-order valence-electron chi connectivity index (χ1n) is 8.94. The van der Waals surface area contributed by atoms with Crippen molar-refractivity contribution in [2.45, 2.75) is 33.2 Å². The summed E-state index contributed by atoms with van der Waals surface area (Å²) in [7, 11) is 0. The molecule has 0 unspecified atom stereocenters. The fourth-order valence-corrected chi connectivity index (χ4v) is 2.97. The topological polar surface area (TPSA) is 95.9 Å². The highest BCUT2D eigenvalue weighted by molar-refractivity contribution is 5.91. The molecule has 0 saturated heterocycles. The van der Waals surface area contributed by atoms with Crippen LogP contribution in [0.2, 0.25) is 0 Å². The Balaban J connectivity index is 0.000000209. The number of benzene rings is 2. The van der Waals surface area contributed by atoms with E-state index >= 15 is 0 Å². The summed E-state index contributed by atoms with van der Waals surface area (Å²) in [5.74, 6) is -1.19. The van der Waals surface area contributed by atoms with Gasteiger partial charge in [-0.2, -0.15) is 0 Å². The average molecular weight is 383 g/mol. The zero-order valence-electron chi connectivity index (χ0n) is 16.4. The summed E-state index contributed by atoms with van der Waals surface area (Å²) in [5, 5.41) is 20.4. The van der Waals surface area contributed by atoms with Gasteiger partial charge in [0.15, 0.2) is 0 Å². The summed E-state index contributed by atoms with van der Waals surface area (Å²) in [4.78, 5) is 20.7. The summed E-state index contributed by atoms with van der Waals surface area (Å²) >= 11 is 0. The molecule has 28 heavy (non-hydrogen) atoms. The van der Waals surface area contributed by atoms with E-state index in [1.54, 1.807) is 0 Å². The van der Waals surface area contributed by atoms with Crippen LogP contribution in [0.5, 0.6) is 5.75 Å². The highest BCUT2D eigenvalue weighted by Gasteiger charge is 2.22. The Morgan fingerprint density at radius 2 is 1.54 bits per heavy atom. The molecule has 0 radical (unpaired) electrons. The van der Waals surface area contributed by atoms with Crippen LogP contribution < -0.4 is 10.1 Å². The number of anilines is 1. The van der Waals surface area contributed by atoms with Gasteiger partial charge in [0.2, 0.25) is 0 Å². The molecule has 2 aromatic rings. The number of fused-ring (bicyclic) bond motifs is 1. The van der Waals surface area contributed by atoms with Gasteiger partial charge in [0.25, 0.3) is 0 Å². The number of carboxylic acid groups (broad SMARTS) is 2. The van der Waals surface area contributed by atoms with Crippen molar-refractivity contribution in [3.05, 3.63) is 65.2 Å². The van der Waals surface area contributed by atoms with Crippen LogP contribution in [0.25, 0.3) is 5.57 Å². The van der Waals surface area contributed by atoms with E-state index < -0.39 is 11.9 Å². The molecule has 0 aliphatic carbocycles. The molecule has 0 bridgehead atoms. The fraction of sp³-hybridized carbons (Fsp3) is 0.273. The average Bonchev–Trinajstić information content (AvgIpc) is 2.62. The molecule has 0 amide bonds. The molecule has 1 aliphatic rings. The summed E-state index contributed by atoms with van der Waals surface area (Å²) in [6, 6.07) is 11.2. The van der Waals surface area contributed by atoms with Crippen molar-refractivity contribution in [1.29, 1.82) is 0 Å². The number of allylic oxidation sites excluding steroid dienone is 1. The largest absolute Gasteiger partial charge is 0.494 e. The molecule has 0 fully saturated rings. The van der Waals surface area contributed by atoms with Crippen molar-refractivity contribution < 1.29 is 24.5 Å². The van der Waals surface area contributed by atoms with E-state index in [0.717, 1.165) is 5.75 Å². The van der Waals surface area contributed by atoms with Crippen LogP contribution in [-0.2, 0) is 0 Å². The van der Waals surface area contributed by atoms with Gasteiger partial charge in [0.1, 0.15) is 5.75 Å². The molecule has 6 heteroatoms. The third kappa shape index (κ3) is 5.36. The van der Waals surface area contributed by atoms with Gasteiger partial charge in [0.05, 0.1) is 23.3 Å². The van der Waals surface area contributed by atoms with Crippen LogP contribution in [0.15, 0.2) is 48.5 Å². The molecule has 2 aromatic carbocycles. The first kappa shape index (κ1) is 21.0. The lowest BCUT2D eigenvalue weighted by Gasteiger charge is -2.31. The Labute approximate surface area is 164 Å². The van der Waals surface area contributed by atoms with Crippen LogP contribution >= 0.6 is 0 Å². The SMILES string of the molecule is CCOc1ccc2c(c1)C(C)=CC(C)(C)N2.O=C(O)c1ccc(C(=O)O)cc1. The third-order valence-electron chi connectivity index (χ3n) is 4.14. The minimum absolute atomic E-state index is 0.0320. The summed E-state index contributed by atoms with van der Waals surface area (Å²) < 4.78 is 5.52. The van der Waals surface area contributed by atoms with Crippen molar-refractivity contribution in [1.82, 2.24) is 0 Å². The molecule has 6 nitrogen and oxygen atoms in total. The van der Waals surface area contributed by atoms with E-state index in [1.807, 2.05) is 13.0 Å². The molecule has 0 atom stereocenters. The van der Waals surface area contributed by atoms with Crippen LogP contribution in [0.3, 0.4) is 0 Å². The summed E-state index contributed by atoms with van der Waals surface area (Å²) in [5.41, 5.74) is 3.93. The van der Waals surface area contributed by atoms with Crippen molar-refractivity contribution in [3.8, 4) is 5.75 Å². The number of aromatic carboxylic acids is 2. The molecular formula is C22H25NO5. The van der Waals surface area contributed by atoms with Crippen molar-refractivity contribution in [3.63, 3.8) is 0 Å². The van der Waals surface area contributed by atoms with E-state index in [2.05, 4.69) is 44.3 Å². The van der Waals surface area contributed by atoms with Crippen LogP contribution in [0.1, 0.15) is 54.0 Å². The number of carbonyl (C=O) groups is 2. The molecule has 0 saturated carbocycles. The highest BCUT2D eigenvalue weighted by atomic mass is 16.5. The smallest absolute Gasteiger partial charge is 0.335 e. The molecule has 148 valence electrons. The van der Waals surface area contributed by atoms with Gasteiger partial charge in [-0.1, -0.05) is 6.08 Å². The molecule has 0 aromatic heterocycles. The Kier molecular flexibility index (Phi) is 6.46. The van der Waals surface area contributed by atoms with Gasteiger partial charge >= 0.3 is 11.9 Å². The van der Waals surface area contributed by atoms with Crippen LogP contribution in [0.4, 0.5) is 5.69 Å². The maximum Gasteiger partial charge on any atom is 0.335 e. The second kappa shape index (κ2) is 8.61. The predicted octanol–water partition coefficient (Wildman–Crippen LogP) is 4.78. The number of rotatable bonds is 4. The number of carboxylic acids is 2. The van der Waals surface area contributed by atoms with Crippen LogP contribution in [0, 0.1) is 0 Å². The van der Waals surface area contributed by atoms with E-state index in [-0.39, 0.29) is 16.7 Å².